The van der Waals surface area contributed by atoms with Crippen molar-refractivity contribution >= 4 is 34.4 Å². The molecule has 0 radical (unpaired) electrons. The van der Waals surface area contributed by atoms with E-state index in [4.69, 9.17) is 4.42 Å². The Bertz CT molecular complexity index is 927. The van der Waals surface area contributed by atoms with Crippen molar-refractivity contribution in [3.05, 3.63) is 30.3 Å². The fourth-order valence-electron chi connectivity index (χ4n) is 2.17. The van der Waals surface area contributed by atoms with Crippen molar-refractivity contribution in [1.82, 2.24) is 20.0 Å². The van der Waals surface area contributed by atoms with Gasteiger partial charge in [-0.3, -0.25) is 9.59 Å². The number of benzene rings is 1. The number of nitrogens with zero attached hydrogens (tertiary/aromatic N) is 4. The molecule has 0 unspecified atom stereocenters. The zero-order valence-electron chi connectivity index (χ0n) is 14.1. The van der Waals surface area contributed by atoms with E-state index in [1.165, 1.54) is 10.9 Å². The molecule has 2 amide bonds. The first kappa shape index (κ1) is 16.6. The van der Waals surface area contributed by atoms with Gasteiger partial charge in [0.1, 0.15) is 12.1 Å². The third-order valence-corrected chi connectivity index (χ3v) is 3.40. The Balaban J connectivity index is 1.61. The minimum absolute atomic E-state index is 0.0274. The summed E-state index contributed by atoms with van der Waals surface area (Å²) >= 11 is 0. The summed E-state index contributed by atoms with van der Waals surface area (Å²) in [5.41, 5.74) is 1.95. The highest BCUT2D eigenvalue weighted by molar-refractivity contribution is 5.93. The minimum Gasteiger partial charge on any atom is -0.441 e. The normalized spacial score (nSPS) is 11.0. The van der Waals surface area contributed by atoms with E-state index in [0.717, 1.165) is 0 Å². The summed E-state index contributed by atoms with van der Waals surface area (Å²) in [7, 11) is 0. The first-order chi connectivity index (χ1) is 11.9. The number of oxazole rings is 1. The molecule has 130 valence electrons. The number of fused-ring (bicyclic) bond motifs is 1. The number of amides is 2. The smallest absolute Gasteiger partial charge is 0.246 e. The lowest BCUT2D eigenvalue weighted by molar-refractivity contribution is -0.119. The molecule has 0 atom stereocenters. The summed E-state index contributed by atoms with van der Waals surface area (Å²) in [6, 6.07) is 5.22. The predicted molar refractivity (Wildman–Crippen MR) is 90.9 cm³/mol. The fraction of sp³-hybridized carbons (Fsp3) is 0.312. The van der Waals surface area contributed by atoms with Gasteiger partial charge in [-0.25, -0.2) is 9.67 Å². The summed E-state index contributed by atoms with van der Waals surface area (Å²) in [5, 5.41) is 13.0. The quantitative estimate of drug-likeness (QED) is 0.732. The van der Waals surface area contributed by atoms with Gasteiger partial charge in [-0.05, 0) is 18.2 Å². The van der Waals surface area contributed by atoms with Gasteiger partial charge in [-0.2, -0.15) is 0 Å². The van der Waals surface area contributed by atoms with Gasteiger partial charge in [0.25, 0.3) is 0 Å². The van der Waals surface area contributed by atoms with Crippen molar-refractivity contribution in [2.24, 2.45) is 5.92 Å². The van der Waals surface area contributed by atoms with Crippen LogP contribution in [0.2, 0.25) is 0 Å². The average molecular weight is 342 g/mol. The monoisotopic (exact) mass is 342 g/mol. The number of hydrogen-bond donors (Lipinski definition) is 2. The highest BCUT2D eigenvalue weighted by Crippen LogP contribution is 2.19. The largest absolute Gasteiger partial charge is 0.441 e. The van der Waals surface area contributed by atoms with Crippen LogP contribution >= 0.6 is 0 Å². The summed E-state index contributed by atoms with van der Waals surface area (Å²) in [5.74, 6) is 0.283. The lowest BCUT2D eigenvalue weighted by Gasteiger charge is -2.05. The van der Waals surface area contributed by atoms with Crippen LogP contribution in [0.25, 0.3) is 11.1 Å². The summed E-state index contributed by atoms with van der Waals surface area (Å²) < 4.78 is 6.75. The SMILES string of the molecule is Cc1nc2cc(NC(=O)Cn3cc(NC(=O)C(C)C)nn3)ccc2o1. The lowest BCUT2D eigenvalue weighted by Crippen LogP contribution is -2.19. The Morgan fingerprint density at radius 1 is 1.28 bits per heavy atom. The molecule has 2 aromatic heterocycles. The molecule has 3 rings (SSSR count). The van der Waals surface area contributed by atoms with Crippen LogP contribution in [0.3, 0.4) is 0 Å². The molecule has 0 fully saturated rings. The maximum Gasteiger partial charge on any atom is 0.246 e. The molecule has 0 spiro atoms. The van der Waals surface area contributed by atoms with Gasteiger partial charge in [-0.1, -0.05) is 19.1 Å². The van der Waals surface area contributed by atoms with Crippen LogP contribution < -0.4 is 10.6 Å². The number of nitrogens with one attached hydrogen (secondary N) is 2. The van der Waals surface area contributed by atoms with Crippen LogP contribution in [0.15, 0.2) is 28.8 Å². The second-order valence-electron chi connectivity index (χ2n) is 5.91. The molecule has 3 aromatic rings. The number of carbonyl (C=O) groups is 2. The predicted octanol–water partition coefficient (Wildman–Crippen LogP) is 1.96. The van der Waals surface area contributed by atoms with Crippen LogP contribution in [-0.2, 0) is 16.1 Å². The first-order valence-electron chi connectivity index (χ1n) is 7.79. The maximum atomic E-state index is 12.1. The molecule has 0 bridgehead atoms. The molecule has 9 nitrogen and oxygen atoms in total. The van der Waals surface area contributed by atoms with Gasteiger partial charge >= 0.3 is 0 Å². The molecule has 0 aliphatic rings. The number of hydrogen-bond acceptors (Lipinski definition) is 6. The number of anilines is 2. The number of rotatable bonds is 5. The van der Waals surface area contributed by atoms with Crippen LogP contribution in [0.5, 0.6) is 0 Å². The maximum absolute atomic E-state index is 12.1. The molecule has 0 aliphatic carbocycles. The van der Waals surface area contributed by atoms with Crippen LogP contribution in [0.4, 0.5) is 11.5 Å². The van der Waals surface area contributed by atoms with Crippen molar-refractivity contribution in [3.8, 4) is 0 Å². The van der Waals surface area contributed by atoms with Gasteiger partial charge in [0.15, 0.2) is 17.3 Å². The van der Waals surface area contributed by atoms with E-state index in [-0.39, 0.29) is 24.3 Å². The van der Waals surface area contributed by atoms with Crippen molar-refractivity contribution < 1.29 is 14.0 Å². The Labute approximate surface area is 143 Å². The van der Waals surface area contributed by atoms with Crippen molar-refractivity contribution in [1.29, 1.82) is 0 Å². The Morgan fingerprint density at radius 3 is 2.84 bits per heavy atom. The third-order valence-electron chi connectivity index (χ3n) is 3.40. The molecular weight excluding hydrogens is 324 g/mol. The second kappa shape index (κ2) is 6.71. The van der Waals surface area contributed by atoms with E-state index in [9.17, 15) is 9.59 Å². The molecular formula is C16H18N6O3. The Hall–Kier alpha value is -3.23. The van der Waals surface area contributed by atoms with Gasteiger partial charge in [-0.15, -0.1) is 5.10 Å². The second-order valence-corrected chi connectivity index (χ2v) is 5.91. The number of aryl methyl sites for hydroxylation is 1. The third kappa shape index (κ3) is 4.00. The van der Waals surface area contributed by atoms with E-state index in [1.54, 1.807) is 39.0 Å². The highest BCUT2D eigenvalue weighted by Gasteiger charge is 2.12. The van der Waals surface area contributed by atoms with Crippen molar-refractivity contribution in [2.45, 2.75) is 27.3 Å². The van der Waals surface area contributed by atoms with Gasteiger partial charge in [0.2, 0.25) is 11.8 Å². The number of aromatic nitrogens is 4. The first-order valence-corrected chi connectivity index (χ1v) is 7.79. The molecule has 9 heteroatoms. The van der Waals surface area contributed by atoms with Crippen LogP contribution in [0, 0.1) is 12.8 Å². The lowest BCUT2D eigenvalue weighted by atomic mass is 10.2. The van der Waals surface area contributed by atoms with Gasteiger partial charge < -0.3 is 15.1 Å². The molecule has 2 N–H and O–H groups in total. The Kier molecular flexibility index (Phi) is 4.46. The molecule has 0 aliphatic heterocycles. The number of carbonyl (C=O) groups excluding carboxylic acids is 2. The van der Waals surface area contributed by atoms with E-state index in [1.807, 2.05) is 0 Å². The summed E-state index contributed by atoms with van der Waals surface area (Å²) in [4.78, 5) is 28.0. The van der Waals surface area contributed by atoms with E-state index in [2.05, 4.69) is 25.9 Å². The molecule has 0 saturated carbocycles. The highest BCUT2D eigenvalue weighted by atomic mass is 16.3. The molecule has 2 heterocycles. The minimum atomic E-state index is -0.272. The van der Waals surface area contributed by atoms with Crippen molar-refractivity contribution in [3.63, 3.8) is 0 Å². The van der Waals surface area contributed by atoms with E-state index >= 15 is 0 Å². The van der Waals surface area contributed by atoms with Crippen LogP contribution in [-0.4, -0.2) is 31.8 Å². The standard InChI is InChI=1S/C16H18N6O3/c1-9(2)16(24)19-14-7-22(21-20-14)8-15(23)18-11-4-5-13-12(6-11)17-10(3)25-13/h4-7,9H,8H2,1-3H3,(H,18,23)(H,19,24). The van der Waals surface area contributed by atoms with Gasteiger partial charge in [0.05, 0.1) is 6.20 Å². The zero-order valence-corrected chi connectivity index (χ0v) is 14.1. The zero-order chi connectivity index (χ0) is 18.0. The summed E-state index contributed by atoms with van der Waals surface area (Å²) in [6.45, 7) is 5.29. The molecule has 1 aromatic carbocycles. The molecule has 0 saturated heterocycles. The fourth-order valence-corrected chi connectivity index (χ4v) is 2.17. The average Bonchev–Trinajstić information content (AvgIpc) is 3.11. The Morgan fingerprint density at radius 2 is 2.08 bits per heavy atom. The van der Waals surface area contributed by atoms with E-state index in [0.29, 0.717) is 28.5 Å². The molecule has 25 heavy (non-hydrogen) atoms. The van der Waals surface area contributed by atoms with E-state index < -0.39 is 0 Å². The van der Waals surface area contributed by atoms with Gasteiger partial charge in [0, 0.05) is 18.5 Å². The summed E-state index contributed by atoms with van der Waals surface area (Å²) in [6.07, 6.45) is 1.50. The van der Waals surface area contributed by atoms with Crippen LogP contribution in [0.1, 0.15) is 19.7 Å². The van der Waals surface area contributed by atoms with Crippen molar-refractivity contribution in [2.75, 3.05) is 10.6 Å². The topological polar surface area (TPSA) is 115 Å².